The van der Waals surface area contributed by atoms with Crippen LogP contribution in [0.4, 0.5) is 5.82 Å². The number of pyridine rings is 1. The van der Waals surface area contributed by atoms with E-state index in [4.69, 9.17) is 14.5 Å². The second kappa shape index (κ2) is 8.14. The Hall–Kier alpha value is -2.67. The van der Waals surface area contributed by atoms with Gasteiger partial charge in [0.15, 0.2) is 5.65 Å². The number of methoxy groups -OCH3 is 1. The van der Waals surface area contributed by atoms with E-state index in [1.165, 1.54) is 0 Å². The predicted molar refractivity (Wildman–Crippen MR) is 111 cm³/mol. The van der Waals surface area contributed by atoms with Gasteiger partial charge in [-0.15, -0.1) is 0 Å². The largest absolute Gasteiger partial charge is 0.481 e. The molecule has 150 valence electrons. The molecular weight excluding hydrogens is 354 g/mol. The molecule has 7 nitrogen and oxygen atoms in total. The lowest BCUT2D eigenvalue weighted by Gasteiger charge is -2.22. The number of fused-ring (bicyclic) bond motifs is 1. The zero-order valence-electron chi connectivity index (χ0n) is 17.6. The van der Waals surface area contributed by atoms with Gasteiger partial charge in [-0.1, -0.05) is 0 Å². The summed E-state index contributed by atoms with van der Waals surface area (Å²) in [5.74, 6) is 1.47. The molecule has 7 heteroatoms. The average Bonchev–Trinajstić information content (AvgIpc) is 3.07. The molecule has 0 aromatic carbocycles. The van der Waals surface area contributed by atoms with E-state index in [0.717, 1.165) is 47.9 Å². The number of anilines is 1. The number of nitrogens with zero attached hydrogens (tertiary/aromatic N) is 5. The van der Waals surface area contributed by atoms with Gasteiger partial charge in [0.2, 0.25) is 5.88 Å². The Morgan fingerprint density at radius 1 is 1.11 bits per heavy atom. The number of rotatable bonds is 7. The van der Waals surface area contributed by atoms with Crippen LogP contribution in [0.15, 0.2) is 30.6 Å². The van der Waals surface area contributed by atoms with Crippen LogP contribution in [0, 0.1) is 6.92 Å². The minimum atomic E-state index is -0.108. The highest BCUT2D eigenvalue weighted by molar-refractivity contribution is 5.80. The summed E-state index contributed by atoms with van der Waals surface area (Å²) in [5, 5.41) is 4.43. The van der Waals surface area contributed by atoms with Crippen molar-refractivity contribution in [1.29, 1.82) is 0 Å². The van der Waals surface area contributed by atoms with Crippen LogP contribution in [0.3, 0.4) is 0 Å². The monoisotopic (exact) mass is 383 g/mol. The highest BCUT2D eigenvalue weighted by atomic mass is 16.5. The number of hydrogen-bond donors (Lipinski definition) is 0. The van der Waals surface area contributed by atoms with E-state index in [2.05, 4.69) is 35.8 Å². The summed E-state index contributed by atoms with van der Waals surface area (Å²) in [6.07, 6.45) is 4.66. The van der Waals surface area contributed by atoms with Crippen LogP contribution in [0.5, 0.6) is 5.88 Å². The molecule has 0 aliphatic carbocycles. The molecule has 28 heavy (non-hydrogen) atoms. The van der Waals surface area contributed by atoms with Crippen LogP contribution in [0.2, 0.25) is 0 Å². The fourth-order valence-corrected chi connectivity index (χ4v) is 2.95. The molecule has 0 bridgehead atoms. The van der Waals surface area contributed by atoms with Crippen molar-refractivity contribution in [1.82, 2.24) is 19.6 Å². The lowest BCUT2D eigenvalue weighted by atomic mass is 10.1. The molecule has 0 N–H and O–H groups in total. The lowest BCUT2D eigenvalue weighted by molar-refractivity contribution is -0.00320. The third kappa shape index (κ3) is 4.59. The second-order valence-corrected chi connectivity index (χ2v) is 7.86. The zero-order chi connectivity index (χ0) is 20.3. The van der Waals surface area contributed by atoms with Crippen LogP contribution >= 0.6 is 0 Å². The van der Waals surface area contributed by atoms with Gasteiger partial charge in [-0.2, -0.15) is 5.10 Å². The molecule has 3 aromatic heterocycles. The molecule has 0 fully saturated rings. The standard InChI is InChI=1S/C21H29N5O2/c1-15-8-9-16(20(23-15)27-6)17-14-22-26-12-10-18(24-19(17)26)25(5)11-7-13-28-21(2,3)4/h8-10,12,14H,7,11,13H2,1-6H3. The van der Waals surface area contributed by atoms with Gasteiger partial charge in [-0.25, -0.2) is 14.5 Å². The van der Waals surface area contributed by atoms with Gasteiger partial charge >= 0.3 is 0 Å². The Bertz CT molecular complexity index is 946. The first kappa shape index (κ1) is 20.1. The molecule has 0 saturated carbocycles. The molecule has 3 aromatic rings. The van der Waals surface area contributed by atoms with Gasteiger partial charge in [-0.3, -0.25) is 0 Å². The van der Waals surface area contributed by atoms with Crippen molar-refractivity contribution < 1.29 is 9.47 Å². The summed E-state index contributed by atoms with van der Waals surface area (Å²) in [6.45, 7) is 9.74. The predicted octanol–water partition coefficient (Wildman–Crippen LogP) is 3.75. The number of hydrogen-bond acceptors (Lipinski definition) is 6. The molecule has 0 radical (unpaired) electrons. The molecule has 3 rings (SSSR count). The molecule has 0 atom stereocenters. The summed E-state index contributed by atoms with van der Waals surface area (Å²) in [6, 6.07) is 5.94. The summed E-state index contributed by atoms with van der Waals surface area (Å²) in [7, 11) is 3.67. The third-order valence-corrected chi connectivity index (χ3v) is 4.40. The Kier molecular flexibility index (Phi) is 5.84. The van der Waals surface area contributed by atoms with E-state index in [1.807, 2.05) is 38.4 Å². The Morgan fingerprint density at radius 3 is 2.61 bits per heavy atom. The van der Waals surface area contributed by atoms with Crippen LogP contribution in [-0.4, -0.2) is 52.5 Å². The third-order valence-electron chi connectivity index (χ3n) is 4.40. The fourth-order valence-electron chi connectivity index (χ4n) is 2.95. The average molecular weight is 383 g/mol. The first-order valence-corrected chi connectivity index (χ1v) is 9.50. The van der Waals surface area contributed by atoms with E-state index in [1.54, 1.807) is 17.8 Å². The van der Waals surface area contributed by atoms with Crippen LogP contribution in [-0.2, 0) is 4.74 Å². The molecule has 0 spiro atoms. The molecule has 3 heterocycles. The summed E-state index contributed by atoms with van der Waals surface area (Å²) >= 11 is 0. The van der Waals surface area contributed by atoms with Crippen molar-refractivity contribution in [2.45, 2.75) is 39.7 Å². The molecule has 0 aliphatic rings. The van der Waals surface area contributed by atoms with Crippen molar-refractivity contribution in [2.24, 2.45) is 0 Å². The lowest BCUT2D eigenvalue weighted by Crippen LogP contribution is -2.24. The first-order chi connectivity index (χ1) is 13.3. The van der Waals surface area contributed by atoms with Crippen molar-refractivity contribution in [3.05, 3.63) is 36.3 Å². The summed E-state index contributed by atoms with van der Waals surface area (Å²) < 4.78 is 13.0. The van der Waals surface area contributed by atoms with E-state index in [-0.39, 0.29) is 5.60 Å². The van der Waals surface area contributed by atoms with Gasteiger partial charge in [0.1, 0.15) is 5.82 Å². The molecule has 0 unspecified atom stereocenters. The minimum absolute atomic E-state index is 0.108. The van der Waals surface area contributed by atoms with E-state index < -0.39 is 0 Å². The number of aryl methyl sites for hydroxylation is 1. The molecule has 0 saturated heterocycles. The van der Waals surface area contributed by atoms with Gasteiger partial charge in [0, 0.05) is 37.7 Å². The van der Waals surface area contributed by atoms with Gasteiger partial charge in [0.25, 0.3) is 0 Å². The van der Waals surface area contributed by atoms with Crippen LogP contribution < -0.4 is 9.64 Å². The Balaban J connectivity index is 1.83. The quantitative estimate of drug-likeness (QED) is 0.579. The van der Waals surface area contributed by atoms with E-state index in [0.29, 0.717) is 5.88 Å². The molecule has 0 aliphatic heterocycles. The number of ether oxygens (including phenoxy) is 2. The minimum Gasteiger partial charge on any atom is -0.481 e. The summed E-state index contributed by atoms with van der Waals surface area (Å²) in [4.78, 5) is 11.4. The maximum Gasteiger partial charge on any atom is 0.221 e. The highest BCUT2D eigenvalue weighted by Crippen LogP contribution is 2.31. The Labute approximate surface area is 166 Å². The van der Waals surface area contributed by atoms with Crippen molar-refractivity contribution >= 4 is 11.5 Å². The normalized spacial score (nSPS) is 11.8. The topological polar surface area (TPSA) is 64.8 Å². The maximum atomic E-state index is 5.80. The van der Waals surface area contributed by atoms with Crippen molar-refractivity contribution in [3.63, 3.8) is 0 Å². The second-order valence-electron chi connectivity index (χ2n) is 7.86. The zero-order valence-corrected chi connectivity index (χ0v) is 17.6. The SMILES string of the molecule is COc1nc(C)ccc1-c1cnn2ccc(N(C)CCCOC(C)(C)C)nc12. The van der Waals surface area contributed by atoms with Crippen molar-refractivity contribution in [3.8, 4) is 17.0 Å². The first-order valence-electron chi connectivity index (χ1n) is 9.50. The summed E-state index contributed by atoms with van der Waals surface area (Å²) in [5.41, 5.74) is 3.36. The van der Waals surface area contributed by atoms with Gasteiger partial charge < -0.3 is 14.4 Å². The maximum absolute atomic E-state index is 5.80. The van der Waals surface area contributed by atoms with Crippen LogP contribution in [0.1, 0.15) is 32.9 Å². The highest BCUT2D eigenvalue weighted by Gasteiger charge is 2.16. The van der Waals surface area contributed by atoms with E-state index >= 15 is 0 Å². The smallest absolute Gasteiger partial charge is 0.221 e. The number of aromatic nitrogens is 4. The van der Waals surface area contributed by atoms with Gasteiger partial charge in [-0.05, 0) is 52.3 Å². The fraction of sp³-hybridized carbons (Fsp3) is 0.476. The molecule has 0 amide bonds. The van der Waals surface area contributed by atoms with Crippen molar-refractivity contribution in [2.75, 3.05) is 32.2 Å². The van der Waals surface area contributed by atoms with Gasteiger partial charge in [0.05, 0.1) is 24.5 Å². The Morgan fingerprint density at radius 2 is 1.89 bits per heavy atom. The molecular formula is C21H29N5O2. The van der Waals surface area contributed by atoms with Crippen LogP contribution in [0.25, 0.3) is 16.8 Å². The van der Waals surface area contributed by atoms with E-state index in [9.17, 15) is 0 Å².